The zero-order valence-electron chi connectivity index (χ0n) is 22.9. The molecule has 1 unspecified atom stereocenters. The normalized spacial score (nSPS) is 18.4. The van der Waals surface area contributed by atoms with E-state index in [1.807, 2.05) is 6.92 Å². The molecule has 210 valence electrons. The van der Waals surface area contributed by atoms with E-state index in [2.05, 4.69) is 39.6 Å². The van der Waals surface area contributed by atoms with Crippen LogP contribution < -0.4 is 5.32 Å². The summed E-state index contributed by atoms with van der Waals surface area (Å²) in [6.07, 6.45) is 10.1. The maximum atomic E-state index is 13.5. The Labute approximate surface area is 238 Å². The van der Waals surface area contributed by atoms with Crippen molar-refractivity contribution in [3.05, 3.63) is 117 Å². The van der Waals surface area contributed by atoms with E-state index in [0.717, 1.165) is 36.3 Å². The van der Waals surface area contributed by atoms with Crippen LogP contribution >= 0.6 is 0 Å². The monoisotopic (exact) mass is 554 g/mol. The van der Waals surface area contributed by atoms with E-state index >= 15 is 0 Å². The number of allylic oxidation sites excluding steroid dienone is 4. The molecule has 1 N–H and O–H groups in total. The van der Waals surface area contributed by atoms with Crippen LogP contribution in [-0.2, 0) is 17.8 Å². The number of halogens is 2. The number of nitrogens with one attached hydrogen (secondary N) is 1. The Kier molecular flexibility index (Phi) is 7.49. The molecule has 2 aromatic carbocycles. The van der Waals surface area contributed by atoms with Gasteiger partial charge in [0.2, 0.25) is 0 Å². The molecule has 41 heavy (non-hydrogen) atoms. The standard InChI is InChI=1S/C33H32F2N4O2/c1-21(23-4-6-28(34)7-5-23)39-20-27(18-36-39)33(41)37-30-8-9-32(40)31(17-30)26-15-24-3-2-22(14-25(24)16-26)19-38-12-10-29(35)11-13-38/h2-8,14,16-18,20-21,29H,9-13,15,19H2,1H3,(H,37,41). The van der Waals surface area contributed by atoms with Crippen LogP contribution in [0.1, 0.15) is 64.8 Å². The Morgan fingerprint density at radius 3 is 2.68 bits per heavy atom. The van der Waals surface area contributed by atoms with Crippen molar-refractivity contribution in [2.24, 2.45) is 0 Å². The number of ketones is 1. The van der Waals surface area contributed by atoms with Gasteiger partial charge in [0.1, 0.15) is 12.0 Å². The molecule has 1 saturated heterocycles. The SMILES string of the molecule is CC(c1ccc(F)cc1)n1cc(C(=O)NC2=CCC(=O)C(C3=Cc4cc(CN5CCC(F)CC5)ccc4C3)=C2)cn1. The lowest BCUT2D eigenvalue weighted by molar-refractivity contribution is -0.114. The van der Waals surface area contributed by atoms with Gasteiger partial charge < -0.3 is 5.32 Å². The number of likely N-dealkylation sites (tertiary alicyclic amines) is 1. The van der Waals surface area contributed by atoms with Gasteiger partial charge in [0.15, 0.2) is 5.78 Å². The molecule has 0 radical (unpaired) electrons. The molecule has 1 atom stereocenters. The van der Waals surface area contributed by atoms with Crippen molar-refractivity contribution >= 4 is 17.8 Å². The highest BCUT2D eigenvalue weighted by Gasteiger charge is 2.25. The molecule has 2 aliphatic carbocycles. The van der Waals surface area contributed by atoms with Crippen molar-refractivity contribution < 1.29 is 18.4 Å². The zero-order valence-corrected chi connectivity index (χ0v) is 22.9. The molecule has 6 rings (SSSR count). The molecular formula is C33H32F2N4O2. The first-order chi connectivity index (χ1) is 19.8. The molecule has 0 bridgehead atoms. The van der Waals surface area contributed by atoms with Crippen LogP contribution in [0.3, 0.4) is 0 Å². The summed E-state index contributed by atoms with van der Waals surface area (Å²) in [6, 6.07) is 12.4. The number of carbonyl (C=O) groups excluding carboxylic acids is 2. The Balaban J connectivity index is 1.12. The molecule has 3 aromatic rings. The Morgan fingerprint density at radius 2 is 1.90 bits per heavy atom. The molecule has 1 fully saturated rings. The zero-order chi connectivity index (χ0) is 28.5. The average molecular weight is 555 g/mol. The Hall–Kier alpha value is -4.17. The minimum atomic E-state index is -0.684. The summed E-state index contributed by atoms with van der Waals surface area (Å²) in [5.74, 6) is -0.595. The smallest absolute Gasteiger partial charge is 0.258 e. The highest BCUT2D eigenvalue weighted by atomic mass is 19.1. The summed E-state index contributed by atoms with van der Waals surface area (Å²) in [5.41, 5.74) is 6.87. The molecule has 8 heteroatoms. The third-order valence-electron chi connectivity index (χ3n) is 8.17. The molecule has 3 aliphatic rings. The molecule has 6 nitrogen and oxygen atoms in total. The van der Waals surface area contributed by atoms with Gasteiger partial charge in [-0.3, -0.25) is 19.2 Å². The second-order valence-electron chi connectivity index (χ2n) is 11.1. The summed E-state index contributed by atoms with van der Waals surface area (Å²) >= 11 is 0. The lowest BCUT2D eigenvalue weighted by Gasteiger charge is -2.28. The summed E-state index contributed by atoms with van der Waals surface area (Å²) in [5, 5.41) is 7.25. The second-order valence-corrected chi connectivity index (χ2v) is 11.1. The first-order valence-electron chi connectivity index (χ1n) is 14.1. The fraction of sp³-hybridized carbons (Fsp3) is 0.303. The summed E-state index contributed by atoms with van der Waals surface area (Å²) in [6.45, 7) is 4.27. The molecule has 1 aliphatic heterocycles. The third-order valence-corrected chi connectivity index (χ3v) is 8.17. The molecule has 0 saturated carbocycles. The van der Waals surface area contributed by atoms with Crippen LogP contribution in [0.5, 0.6) is 0 Å². The maximum Gasteiger partial charge on any atom is 0.258 e. The summed E-state index contributed by atoms with van der Waals surface area (Å²) < 4.78 is 28.5. The van der Waals surface area contributed by atoms with Gasteiger partial charge in [0, 0.05) is 43.5 Å². The molecule has 1 amide bonds. The number of piperidine rings is 1. The Morgan fingerprint density at radius 1 is 1.12 bits per heavy atom. The quantitative estimate of drug-likeness (QED) is 0.406. The number of alkyl halides is 1. The van der Waals surface area contributed by atoms with Crippen molar-refractivity contribution in [1.29, 1.82) is 0 Å². The van der Waals surface area contributed by atoms with Gasteiger partial charge >= 0.3 is 0 Å². The highest BCUT2D eigenvalue weighted by Crippen LogP contribution is 2.33. The first-order valence-corrected chi connectivity index (χ1v) is 14.1. The average Bonchev–Trinajstić information content (AvgIpc) is 3.63. The van der Waals surface area contributed by atoms with Crippen molar-refractivity contribution in [3.63, 3.8) is 0 Å². The fourth-order valence-corrected chi connectivity index (χ4v) is 5.70. The van der Waals surface area contributed by atoms with E-state index in [1.54, 1.807) is 35.2 Å². The van der Waals surface area contributed by atoms with E-state index < -0.39 is 6.17 Å². The number of Topliss-reactive ketones (excluding diaryl/α,β-unsaturated/α-hetero) is 1. The maximum absolute atomic E-state index is 13.5. The minimum Gasteiger partial charge on any atom is -0.322 e. The predicted molar refractivity (Wildman–Crippen MR) is 153 cm³/mol. The lowest BCUT2D eigenvalue weighted by Crippen LogP contribution is -2.33. The van der Waals surface area contributed by atoms with E-state index in [9.17, 15) is 18.4 Å². The van der Waals surface area contributed by atoms with Gasteiger partial charge in [-0.1, -0.05) is 42.5 Å². The van der Waals surface area contributed by atoms with Gasteiger partial charge in [0.05, 0.1) is 17.8 Å². The second kappa shape index (κ2) is 11.4. The van der Waals surface area contributed by atoms with Crippen LogP contribution in [-0.4, -0.2) is 45.6 Å². The number of benzene rings is 2. The van der Waals surface area contributed by atoms with Crippen LogP contribution in [0.2, 0.25) is 0 Å². The summed E-state index contributed by atoms with van der Waals surface area (Å²) in [7, 11) is 0. The van der Waals surface area contributed by atoms with Gasteiger partial charge in [-0.25, -0.2) is 8.78 Å². The van der Waals surface area contributed by atoms with Crippen molar-refractivity contribution in [1.82, 2.24) is 20.0 Å². The number of nitrogens with zero attached hydrogens (tertiary/aromatic N) is 3. The van der Waals surface area contributed by atoms with Crippen LogP contribution in [0.4, 0.5) is 8.78 Å². The van der Waals surface area contributed by atoms with E-state index in [1.165, 1.54) is 29.5 Å². The minimum absolute atomic E-state index is 0.0253. The molecule has 0 spiro atoms. The van der Waals surface area contributed by atoms with E-state index in [-0.39, 0.29) is 30.0 Å². The Bertz CT molecular complexity index is 1580. The van der Waals surface area contributed by atoms with Crippen LogP contribution in [0, 0.1) is 5.82 Å². The van der Waals surface area contributed by atoms with Crippen LogP contribution in [0.15, 0.2) is 83.9 Å². The van der Waals surface area contributed by atoms with Gasteiger partial charge in [-0.05, 0) is 72.2 Å². The number of hydrogen-bond donors (Lipinski definition) is 1. The van der Waals surface area contributed by atoms with Gasteiger partial charge in [-0.15, -0.1) is 0 Å². The number of aromatic nitrogens is 2. The van der Waals surface area contributed by atoms with Crippen molar-refractivity contribution in [2.45, 2.75) is 51.4 Å². The van der Waals surface area contributed by atoms with E-state index in [4.69, 9.17) is 0 Å². The third kappa shape index (κ3) is 5.98. The van der Waals surface area contributed by atoms with Crippen molar-refractivity contribution in [3.8, 4) is 0 Å². The number of carbonyl (C=O) groups is 2. The number of rotatable bonds is 7. The number of fused-ring (bicyclic) bond motifs is 1. The topological polar surface area (TPSA) is 67.2 Å². The van der Waals surface area contributed by atoms with Crippen LogP contribution in [0.25, 0.3) is 6.08 Å². The largest absolute Gasteiger partial charge is 0.322 e. The van der Waals surface area contributed by atoms with Gasteiger partial charge in [-0.2, -0.15) is 5.10 Å². The number of amides is 1. The lowest BCUT2D eigenvalue weighted by atomic mass is 9.93. The molecular weight excluding hydrogens is 522 g/mol. The van der Waals surface area contributed by atoms with Gasteiger partial charge in [0.25, 0.3) is 5.91 Å². The number of hydrogen-bond acceptors (Lipinski definition) is 4. The highest BCUT2D eigenvalue weighted by molar-refractivity contribution is 6.04. The first kappa shape index (κ1) is 27.0. The fourth-order valence-electron chi connectivity index (χ4n) is 5.70. The predicted octanol–water partition coefficient (Wildman–Crippen LogP) is 5.72. The molecule has 1 aromatic heterocycles. The van der Waals surface area contributed by atoms with E-state index in [0.29, 0.717) is 36.1 Å². The summed E-state index contributed by atoms with van der Waals surface area (Å²) in [4.78, 5) is 28.2. The van der Waals surface area contributed by atoms with Crippen molar-refractivity contribution in [2.75, 3.05) is 13.1 Å². The molecule has 2 heterocycles.